The molecule has 0 atom stereocenters. The van der Waals surface area contributed by atoms with Crippen LogP contribution >= 0.6 is 23.2 Å². The minimum atomic E-state index is 0.156. The number of benzene rings is 2. The Morgan fingerprint density at radius 2 is 1.89 bits per heavy atom. The number of anilines is 1. The van der Waals surface area contributed by atoms with Crippen LogP contribution < -0.4 is 10.5 Å². The summed E-state index contributed by atoms with van der Waals surface area (Å²) in [4.78, 5) is 4.33. The van der Waals surface area contributed by atoms with Gasteiger partial charge in [-0.2, -0.15) is 9.67 Å². The minimum absolute atomic E-state index is 0.156. The van der Waals surface area contributed by atoms with E-state index >= 15 is 0 Å². The fourth-order valence-electron chi connectivity index (χ4n) is 2.46. The Hall–Kier alpha value is -3.10. The SMILES string of the molecule is COc1ccc(-n2nnc(-c3nc(-c4ccc(Cl)cc4)no3)c2N)cc1Cl. The summed E-state index contributed by atoms with van der Waals surface area (Å²) in [7, 11) is 1.54. The van der Waals surface area contributed by atoms with Crippen LogP contribution in [-0.2, 0) is 0 Å². The van der Waals surface area contributed by atoms with E-state index in [4.69, 9.17) is 38.2 Å². The molecule has 2 N–H and O–H groups in total. The Morgan fingerprint density at radius 1 is 1.11 bits per heavy atom. The van der Waals surface area contributed by atoms with Gasteiger partial charge in [-0.3, -0.25) is 0 Å². The molecule has 0 aliphatic carbocycles. The molecule has 10 heteroatoms. The predicted molar refractivity (Wildman–Crippen MR) is 101 cm³/mol. The first kappa shape index (κ1) is 17.3. The van der Waals surface area contributed by atoms with E-state index in [1.165, 1.54) is 11.8 Å². The zero-order valence-electron chi connectivity index (χ0n) is 13.9. The van der Waals surface area contributed by atoms with Crippen molar-refractivity contribution >= 4 is 29.0 Å². The first-order valence-electron chi connectivity index (χ1n) is 7.72. The summed E-state index contributed by atoms with van der Waals surface area (Å²) in [5, 5.41) is 13.1. The number of hydrogen-bond acceptors (Lipinski definition) is 7. The van der Waals surface area contributed by atoms with Gasteiger partial charge in [0.15, 0.2) is 11.5 Å². The molecule has 8 nitrogen and oxygen atoms in total. The van der Waals surface area contributed by atoms with Crippen LogP contribution in [0.25, 0.3) is 28.7 Å². The average molecular weight is 403 g/mol. The van der Waals surface area contributed by atoms with Crippen LogP contribution in [0.5, 0.6) is 5.75 Å². The molecule has 2 aromatic carbocycles. The lowest BCUT2D eigenvalue weighted by atomic mass is 10.2. The molecule has 0 amide bonds. The van der Waals surface area contributed by atoms with Crippen LogP contribution in [0.2, 0.25) is 10.0 Å². The molecular formula is C17H12Cl2N6O2. The third-order valence-electron chi connectivity index (χ3n) is 3.82. The van der Waals surface area contributed by atoms with Crippen molar-refractivity contribution in [2.45, 2.75) is 0 Å². The summed E-state index contributed by atoms with van der Waals surface area (Å²) < 4.78 is 11.9. The zero-order chi connectivity index (χ0) is 19.0. The molecule has 0 bridgehead atoms. The number of hydrogen-bond donors (Lipinski definition) is 1. The lowest BCUT2D eigenvalue weighted by Crippen LogP contribution is -2.02. The van der Waals surface area contributed by atoms with Gasteiger partial charge in [-0.05, 0) is 42.5 Å². The molecule has 0 saturated heterocycles. The molecule has 4 aromatic rings. The van der Waals surface area contributed by atoms with Gasteiger partial charge in [0.2, 0.25) is 5.82 Å². The van der Waals surface area contributed by atoms with Gasteiger partial charge in [-0.25, -0.2) is 0 Å². The van der Waals surface area contributed by atoms with Crippen molar-refractivity contribution in [3.8, 4) is 34.4 Å². The quantitative estimate of drug-likeness (QED) is 0.551. The van der Waals surface area contributed by atoms with Crippen molar-refractivity contribution in [1.29, 1.82) is 0 Å². The fraction of sp³-hybridized carbons (Fsp3) is 0.0588. The van der Waals surface area contributed by atoms with Gasteiger partial charge in [-0.15, -0.1) is 5.10 Å². The van der Waals surface area contributed by atoms with E-state index in [9.17, 15) is 0 Å². The lowest BCUT2D eigenvalue weighted by Gasteiger charge is -2.06. The van der Waals surface area contributed by atoms with Crippen molar-refractivity contribution < 1.29 is 9.26 Å². The Morgan fingerprint density at radius 3 is 2.59 bits per heavy atom. The lowest BCUT2D eigenvalue weighted by molar-refractivity contribution is 0.415. The van der Waals surface area contributed by atoms with Crippen LogP contribution in [0.1, 0.15) is 0 Å². The molecule has 27 heavy (non-hydrogen) atoms. The highest BCUT2D eigenvalue weighted by molar-refractivity contribution is 6.32. The van der Waals surface area contributed by atoms with Gasteiger partial charge >= 0.3 is 0 Å². The number of nitrogen functional groups attached to an aromatic ring is 1. The summed E-state index contributed by atoms with van der Waals surface area (Å²) in [5.41, 5.74) is 7.82. The highest BCUT2D eigenvalue weighted by Crippen LogP contribution is 2.30. The van der Waals surface area contributed by atoms with E-state index in [1.807, 2.05) is 0 Å². The topological polar surface area (TPSA) is 105 Å². The number of rotatable bonds is 4. The van der Waals surface area contributed by atoms with Crippen LogP contribution in [0, 0.1) is 0 Å². The molecule has 0 aliphatic rings. The summed E-state index contributed by atoms with van der Waals surface area (Å²) in [6.45, 7) is 0. The van der Waals surface area contributed by atoms with Crippen LogP contribution in [0.15, 0.2) is 47.0 Å². The maximum atomic E-state index is 6.17. The van der Waals surface area contributed by atoms with E-state index in [0.717, 1.165) is 5.56 Å². The van der Waals surface area contributed by atoms with Crippen molar-refractivity contribution in [3.05, 3.63) is 52.5 Å². The molecule has 2 heterocycles. The Kier molecular flexibility index (Phi) is 4.43. The zero-order valence-corrected chi connectivity index (χ0v) is 15.4. The van der Waals surface area contributed by atoms with Crippen LogP contribution in [0.3, 0.4) is 0 Å². The number of ether oxygens (including phenoxy) is 1. The van der Waals surface area contributed by atoms with Gasteiger partial charge < -0.3 is 15.0 Å². The summed E-state index contributed by atoms with van der Waals surface area (Å²) >= 11 is 12.1. The smallest absolute Gasteiger partial charge is 0.282 e. The normalized spacial score (nSPS) is 10.9. The van der Waals surface area contributed by atoms with Crippen LogP contribution in [0.4, 0.5) is 5.82 Å². The highest BCUT2D eigenvalue weighted by atomic mass is 35.5. The second-order valence-electron chi connectivity index (χ2n) is 5.48. The molecule has 136 valence electrons. The molecule has 0 aliphatic heterocycles. The number of aromatic nitrogens is 5. The molecule has 0 unspecified atom stereocenters. The van der Waals surface area contributed by atoms with Gasteiger partial charge in [-0.1, -0.05) is 33.6 Å². The third kappa shape index (κ3) is 3.20. The molecule has 0 radical (unpaired) electrons. The first-order valence-corrected chi connectivity index (χ1v) is 8.47. The van der Waals surface area contributed by atoms with E-state index in [-0.39, 0.29) is 17.4 Å². The number of nitrogens with zero attached hydrogens (tertiary/aromatic N) is 5. The Bertz CT molecular complexity index is 1110. The third-order valence-corrected chi connectivity index (χ3v) is 4.36. The van der Waals surface area contributed by atoms with Crippen LogP contribution in [-0.4, -0.2) is 32.2 Å². The maximum Gasteiger partial charge on any atom is 0.282 e. The van der Waals surface area contributed by atoms with Gasteiger partial charge in [0.25, 0.3) is 5.89 Å². The molecular weight excluding hydrogens is 391 g/mol. The maximum absolute atomic E-state index is 6.17. The molecule has 4 rings (SSSR count). The van der Waals surface area contributed by atoms with Gasteiger partial charge in [0.05, 0.1) is 17.8 Å². The summed E-state index contributed by atoms with van der Waals surface area (Å²) in [6.07, 6.45) is 0. The number of nitrogens with two attached hydrogens (primary N) is 1. The second kappa shape index (κ2) is 6.90. The number of halogens is 2. The Labute approximate surface area is 163 Å². The summed E-state index contributed by atoms with van der Waals surface area (Å²) in [6, 6.07) is 12.2. The van der Waals surface area contributed by atoms with Crippen molar-refractivity contribution in [3.63, 3.8) is 0 Å². The largest absolute Gasteiger partial charge is 0.495 e. The molecule has 0 spiro atoms. The molecule has 2 aromatic heterocycles. The number of methoxy groups -OCH3 is 1. The monoisotopic (exact) mass is 402 g/mol. The van der Waals surface area contributed by atoms with E-state index < -0.39 is 0 Å². The van der Waals surface area contributed by atoms with Crippen molar-refractivity contribution in [1.82, 2.24) is 25.1 Å². The Balaban J connectivity index is 1.68. The summed E-state index contributed by atoms with van der Waals surface area (Å²) in [5.74, 6) is 1.33. The van der Waals surface area contributed by atoms with Crippen molar-refractivity contribution in [2.24, 2.45) is 0 Å². The second-order valence-corrected chi connectivity index (χ2v) is 6.33. The van der Waals surface area contributed by atoms with Gasteiger partial charge in [0.1, 0.15) is 5.75 Å². The molecule has 0 saturated carbocycles. The predicted octanol–water partition coefficient (Wildman–Crippen LogP) is 3.88. The molecule has 0 fully saturated rings. The van der Waals surface area contributed by atoms with E-state index in [0.29, 0.717) is 27.3 Å². The highest BCUT2D eigenvalue weighted by Gasteiger charge is 2.20. The standard InChI is InChI=1S/C17H12Cl2N6O2/c1-26-13-7-6-11(8-12(13)19)25-15(20)14(22-24-25)17-21-16(23-27-17)9-2-4-10(18)5-3-9/h2-8H,20H2,1H3. The minimum Gasteiger partial charge on any atom is -0.495 e. The average Bonchev–Trinajstić information content (AvgIpc) is 3.29. The van der Waals surface area contributed by atoms with Crippen molar-refractivity contribution in [2.75, 3.05) is 12.8 Å². The van der Waals surface area contributed by atoms with Gasteiger partial charge in [0, 0.05) is 10.6 Å². The van der Waals surface area contributed by atoms with E-state index in [2.05, 4.69) is 20.5 Å². The fourth-order valence-corrected chi connectivity index (χ4v) is 2.83. The van der Waals surface area contributed by atoms with E-state index in [1.54, 1.807) is 42.5 Å². The first-order chi connectivity index (χ1) is 13.1.